The van der Waals surface area contributed by atoms with Gasteiger partial charge in [0, 0.05) is 25.7 Å². The minimum atomic E-state index is -0.0646. The second kappa shape index (κ2) is 6.08. The molecular weight excluding hydrogens is 190 g/mol. The first kappa shape index (κ1) is 12.5. The lowest BCUT2D eigenvalue weighted by molar-refractivity contribution is -0.124. The average molecular weight is 213 g/mol. The number of rotatable bonds is 4. The predicted molar refractivity (Wildman–Crippen MR) is 61.7 cm³/mol. The lowest BCUT2D eigenvalue weighted by Crippen LogP contribution is -2.57. The molecule has 1 fully saturated rings. The Hall–Kier alpha value is -0.610. The van der Waals surface area contributed by atoms with Gasteiger partial charge in [-0.1, -0.05) is 20.3 Å². The lowest BCUT2D eigenvalue weighted by atomic mass is 10.0. The molecule has 1 rings (SSSR count). The summed E-state index contributed by atoms with van der Waals surface area (Å²) in [6, 6.07) is 0.191. The zero-order valence-electron chi connectivity index (χ0n) is 9.97. The predicted octanol–water partition coefficient (Wildman–Crippen LogP) is 0.0986. The van der Waals surface area contributed by atoms with Crippen LogP contribution in [-0.4, -0.2) is 37.6 Å². The van der Waals surface area contributed by atoms with Crippen LogP contribution in [0.5, 0.6) is 0 Å². The third-order valence-electron chi connectivity index (χ3n) is 3.22. The van der Waals surface area contributed by atoms with Gasteiger partial charge in [-0.15, -0.1) is 0 Å². The van der Waals surface area contributed by atoms with Crippen molar-refractivity contribution in [2.75, 3.05) is 19.6 Å². The Kier molecular flexibility index (Phi) is 5.05. The first-order valence-electron chi connectivity index (χ1n) is 5.89. The van der Waals surface area contributed by atoms with Crippen LogP contribution in [0, 0.1) is 5.92 Å². The van der Waals surface area contributed by atoms with E-state index in [1.165, 1.54) is 0 Å². The van der Waals surface area contributed by atoms with Gasteiger partial charge in [-0.25, -0.2) is 0 Å². The fourth-order valence-corrected chi connectivity index (χ4v) is 1.66. The van der Waals surface area contributed by atoms with Crippen LogP contribution in [0.3, 0.4) is 0 Å². The first-order valence-corrected chi connectivity index (χ1v) is 5.89. The quantitative estimate of drug-likeness (QED) is 0.621. The molecule has 0 aromatic carbocycles. The van der Waals surface area contributed by atoms with E-state index in [0.717, 1.165) is 26.1 Å². The summed E-state index contributed by atoms with van der Waals surface area (Å²) in [5.74, 6) is 0.653. The average Bonchev–Trinajstić information content (AvgIpc) is 2.29. The molecule has 0 spiro atoms. The second-order valence-electron chi connectivity index (χ2n) is 4.39. The Bertz CT molecular complexity index is 202. The van der Waals surface area contributed by atoms with E-state index in [9.17, 15) is 4.79 Å². The monoisotopic (exact) mass is 213 g/mol. The molecule has 1 aliphatic rings. The molecule has 4 heteroatoms. The molecule has 0 aromatic heterocycles. The van der Waals surface area contributed by atoms with Gasteiger partial charge in [0.25, 0.3) is 0 Å². The van der Waals surface area contributed by atoms with Gasteiger partial charge >= 0.3 is 0 Å². The molecular formula is C11H23N3O. The highest BCUT2D eigenvalue weighted by atomic mass is 16.2. The fraction of sp³-hybridized carbons (Fsp3) is 0.909. The largest absolute Gasteiger partial charge is 0.352 e. The van der Waals surface area contributed by atoms with Crippen molar-refractivity contribution >= 4 is 5.91 Å². The van der Waals surface area contributed by atoms with E-state index in [1.54, 1.807) is 0 Å². The number of carbonyl (C=O) groups is 1. The van der Waals surface area contributed by atoms with Gasteiger partial charge in [-0.3, -0.25) is 4.79 Å². The molecule has 4 nitrogen and oxygen atoms in total. The summed E-state index contributed by atoms with van der Waals surface area (Å²) < 4.78 is 0. The Morgan fingerprint density at radius 1 is 1.47 bits per heavy atom. The number of hydrogen-bond acceptors (Lipinski definition) is 3. The van der Waals surface area contributed by atoms with Crippen molar-refractivity contribution in [2.45, 2.75) is 39.3 Å². The molecule has 3 N–H and O–H groups in total. The minimum absolute atomic E-state index is 0.0646. The Morgan fingerprint density at radius 2 is 2.20 bits per heavy atom. The van der Waals surface area contributed by atoms with Crippen molar-refractivity contribution in [1.82, 2.24) is 16.0 Å². The highest BCUT2D eigenvalue weighted by Crippen LogP contribution is 2.06. The van der Waals surface area contributed by atoms with E-state index in [4.69, 9.17) is 0 Å². The summed E-state index contributed by atoms with van der Waals surface area (Å²) in [6.07, 6.45) is 1.10. The highest BCUT2D eigenvalue weighted by Gasteiger charge is 2.22. The SMILES string of the molecule is CCC(C)C(C)NC(=O)C1CNCCN1. The topological polar surface area (TPSA) is 53.2 Å². The van der Waals surface area contributed by atoms with Crippen molar-refractivity contribution in [3.63, 3.8) is 0 Å². The molecule has 3 atom stereocenters. The molecule has 88 valence electrons. The maximum absolute atomic E-state index is 11.8. The number of piperazine rings is 1. The zero-order valence-corrected chi connectivity index (χ0v) is 9.97. The molecule has 1 heterocycles. The van der Waals surface area contributed by atoms with Crippen molar-refractivity contribution in [3.05, 3.63) is 0 Å². The summed E-state index contributed by atoms with van der Waals surface area (Å²) in [5, 5.41) is 9.47. The van der Waals surface area contributed by atoms with E-state index >= 15 is 0 Å². The maximum Gasteiger partial charge on any atom is 0.238 e. The summed E-state index contributed by atoms with van der Waals surface area (Å²) in [7, 11) is 0. The van der Waals surface area contributed by atoms with Crippen molar-refractivity contribution < 1.29 is 4.79 Å². The standard InChI is InChI=1S/C11H23N3O/c1-4-8(2)9(3)14-11(15)10-7-12-5-6-13-10/h8-10,12-13H,4-7H2,1-3H3,(H,14,15). The molecule has 0 bridgehead atoms. The van der Waals surface area contributed by atoms with Crippen LogP contribution < -0.4 is 16.0 Å². The Labute approximate surface area is 92.2 Å². The third-order valence-corrected chi connectivity index (χ3v) is 3.22. The molecule has 3 unspecified atom stereocenters. The summed E-state index contributed by atoms with van der Waals surface area (Å²) >= 11 is 0. The van der Waals surface area contributed by atoms with E-state index < -0.39 is 0 Å². The summed E-state index contributed by atoms with van der Waals surface area (Å²) in [5.41, 5.74) is 0. The van der Waals surface area contributed by atoms with Gasteiger partial charge in [0.2, 0.25) is 5.91 Å². The van der Waals surface area contributed by atoms with Crippen LogP contribution in [0.25, 0.3) is 0 Å². The lowest BCUT2D eigenvalue weighted by Gasteiger charge is -2.27. The van der Waals surface area contributed by atoms with E-state index in [1.807, 2.05) is 0 Å². The number of nitrogens with one attached hydrogen (secondary N) is 3. The van der Waals surface area contributed by atoms with Crippen LogP contribution in [0.1, 0.15) is 27.2 Å². The van der Waals surface area contributed by atoms with Gasteiger partial charge < -0.3 is 16.0 Å². The highest BCUT2D eigenvalue weighted by molar-refractivity contribution is 5.82. The van der Waals surface area contributed by atoms with Gasteiger partial charge in [-0.2, -0.15) is 0 Å². The van der Waals surface area contributed by atoms with Crippen molar-refractivity contribution in [3.8, 4) is 0 Å². The molecule has 1 amide bonds. The van der Waals surface area contributed by atoms with Crippen molar-refractivity contribution in [1.29, 1.82) is 0 Å². The van der Waals surface area contributed by atoms with Gasteiger partial charge in [0.15, 0.2) is 0 Å². The maximum atomic E-state index is 11.8. The molecule has 0 saturated carbocycles. The smallest absolute Gasteiger partial charge is 0.238 e. The number of hydrogen-bond donors (Lipinski definition) is 3. The van der Waals surface area contributed by atoms with E-state index in [2.05, 4.69) is 36.7 Å². The molecule has 1 saturated heterocycles. The van der Waals surface area contributed by atoms with Crippen LogP contribution in [0.2, 0.25) is 0 Å². The molecule has 15 heavy (non-hydrogen) atoms. The normalized spacial score (nSPS) is 25.7. The summed E-state index contributed by atoms with van der Waals surface area (Å²) in [6.45, 7) is 8.94. The number of carbonyl (C=O) groups excluding carboxylic acids is 1. The number of amides is 1. The molecule has 0 aromatic rings. The summed E-state index contributed by atoms with van der Waals surface area (Å²) in [4.78, 5) is 11.8. The molecule has 0 aliphatic carbocycles. The first-order chi connectivity index (χ1) is 7.15. The van der Waals surface area contributed by atoms with Gasteiger partial charge in [0.05, 0.1) is 6.04 Å². The van der Waals surface area contributed by atoms with E-state index in [-0.39, 0.29) is 18.0 Å². The molecule has 0 radical (unpaired) electrons. The Balaban J connectivity index is 2.33. The van der Waals surface area contributed by atoms with Gasteiger partial charge in [0.1, 0.15) is 0 Å². The van der Waals surface area contributed by atoms with Crippen LogP contribution >= 0.6 is 0 Å². The third kappa shape index (κ3) is 3.80. The van der Waals surface area contributed by atoms with Crippen LogP contribution in [0.4, 0.5) is 0 Å². The zero-order chi connectivity index (χ0) is 11.3. The second-order valence-corrected chi connectivity index (χ2v) is 4.39. The van der Waals surface area contributed by atoms with Crippen LogP contribution in [-0.2, 0) is 4.79 Å². The van der Waals surface area contributed by atoms with Gasteiger partial charge in [-0.05, 0) is 12.8 Å². The molecule has 1 aliphatic heterocycles. The Morgan fingerprint density at radius 3 is 2.73 bits per heavy atom. The van der Waals surface area contributed by atoms with Crippen molar-refractivity contribution in [2.24, 2.45) is 5.92 Å². The minimum Gasteiger partial charge on any atom is -0.352 e. The van der Waals surface area contributed by atoms with Crippen LogP contribution in [0.15, 0.2) is 0 Å². The van der Waals surface area contributed by atoms with E-state index in [0.29, 0.717) is 5.92 Å². The fourth-order valence-electron chi connectivity index (χ4n) is 1.66.